The van der Waals surface area contributed by atoms with Gasteiger partial charge < -0.3 is 4.74 Å². The number of ketones is 1. The van der Waals surface area contributed by atoms with Gasteiger partial charge in [-0.1, -0.05) is 24.6 Å². The van der Waals surface area contributed by atoms with Gasteiger partial charge >= 0.3 is 0 Å². The van der Waals surface area contributed by atoms with E-state index in [0.717, 1.165) is 0 Å². The summed E-state index contributed by atoms with van der Waals surface area (Å²) in [7, 11) is 0. The Hall–Kier alpha value is -0.930. The first-order valence-corrected chi connectivity index (χ1v) is 6.04. The maximum absolute atomic E-state index is 12.8. The van der Waals surface area contributed by atoms with E-state index >= 15 is 0 Å². The van der Waals surface area contributed by atoms with Gasteiger partial charge in [0.15, 0.2) is 5.78 Å². The number of Topliss-reactive ketones (excluding diaryl/α,β-unsaturated/α-hetero) is 1. The summed E-state index contributed by atoms with van der Waals surface area (Å²) in [4.78, 5) is 11.9. The van der Waals surface area contributed by atoms with E-state index in [9.17, 15) is 9.18 Å². The standard InChI is InChI=1S/C13H16ClFO2/c1-3-13(17-4-2)12(16)7-9-5-6-10(15)8-11(9)14/h5-6,8,13H,3-4,7H2,1-2H3. The van der Waals surface area contributed by atoms with E-state index in [2.05, 4.69) is 0 Å². The van der Waals surface area contributed by atoms with Gasteiger partial charge in [0.05, 0.1) is 0 Å². The van der Waals surface area contributed by atoms with Crippen LogP contribution < -0.4 is 0 Å². The molecule has 0 aliphatic carbocycles. The number of halogens is 2. The zero-order valence-electron chi connectivity index (χ0n) is 10.0. The van der Waals surface area contributed by atoms with Crippen LogP contribution in [-0.4, -0.2) is 18.5 Å². The smallest absolute Gasteiger partial charge is 0.165 e. The molecule has 1 atom stereocenters. The van der Waals surface area contributed by atoms with Gasteiger partial charge in [-0.3, -0.25) is 4.79 Å². The Morgan fingerprint density at radius 3 is 2.71 bits per heavy atom. The van der Waals surface area contributed by atoms with Gasteiger partial charge in [0.2, 0.25) is 0 Å². The summed E-state index contributed by atoms with van der Waals surface area (Å²) < 4.78 is 18.2. The minimum Gasteiger partial charge on any atom is -0.371 e. The molecule has 0 fully saturated rings. The Bertz CT molecular complexity index is 393. The summed E-state index contributed by atoms with van der Waals surface area (Å²) in [5.41, 5.74) is 0.635. The minimum absolute atomic E-state index is 0.0251. The van der Waals surface area contributed by atoms with E-state index < -0.39 is 11.9 Å². The van der Waals surface area contributed by atoms with E-state index in [1.807, 2.05) is 13.8 Å². The largest absolute Gasteiger partial charge is 0.371 e. The van der Waals surface area contributed by atoms with Gasteiger partial charge in [0.25, 0.3) is 0 Å². The molecule has 0 radical (unpaired) electrons. The van der Waals surface area contributed by atoms with Crippen LogP contribution in [0.5, 0.6) is 0 Å². The molecule has 94 valence electrons. The summed E-state index contributed by atoms with van der Waals surface area (Å²) in [6.45, 7) is 4.24. The van der Waals surface area contributed by atoms with Gasteiger partial charge in [-0.2, -0.15) is 0 Å². The lowest BCUT2D eigenvalue weighted by molar-refractivity contribution is -0.129. The van der Waals surface area contributed by atoms with E-state index in [-0.39, 0.29) is 17.2 Å². The number of benzene rings is 1. The molecule has 0 saturated carbocycles. The van der Waals surface area contributed by atoms with Crippen LogP contribution in [0, 0.1) is 5.82 Å². The second-order valence-corrected chi connectivity index (χ2v) is 4.14. The van der Waals surface area contributed by atoms with Crippen LogP contribution in [0.2, 0.25) is 5.02 Å². The predicted octanol–water partition coefficient (Wildman–Crippen LogP) is 3.41. The van der Waals surface area contributed by atoms with Crippen LogP contribution in [0.1, 0.15) is 25.8 Å². The molecule has 0 heterocycles. The first-order chi connectivity index (χ1) is 8.08. The average Bonchev–Trinajstić information content (AvgIpc) is 2.29. The Kier molecular flexibility index (Phi) is 5.59. The highest BCUT2D eigenvalue weighted by Gasteiger charge is 2.17. The van der Waals surface area contributed by atoms with E-state index in [0.29, 0.717) is 18.6 Å². The molecule has 0 aliphatic heterocycles. The predicted molar refractivity (Wildman–Crippen MR) is 65.8 cm³/mol. The molecule has 0 aromatic heterocycles. The van der Waals surface area contributed by atoms with Crippen molar-refractivity contribution in [3.63, 3.8) is 0 Å². The fourth-order valence-corrected chi connectivity index (χ4v) is 1.84. The fraction of sp³-hybridized carbons (Fsp3) is 0.462. The van der Waals surface area contributed by atoms with Crippen LogP contribution >= 0.6 is 11.6 Å². The SMILES string of the molecule is CCOC(CC)C(=O)Cc1ccc(F)cc1Cl. The zero-order valence-corrected chi connectivity index (χ0v) is 10.8. The topological polar surface area (TPSA) is 26.3 Å². The lowest BCUT2D eigenvalue weighted by Crippen LogP contribution is -2.25. The molecular formula is C13H16ClFO2. The molecule has 0 spiro atoms. The van der Waals surface area contributed by atoms with E-state index in [4.69, 9.17) is 16.3 Å². The van der Waals surface area contributed by atoms with Gasteiger partial charge in [-0.05, 0) is 31.0 Å². The first-order valence-electron chi connectivity index (χ1n) is 5.66. The molecule has 1 rings (SSSR count). The first kappa shape index (κ1) is 14.1. The molecule has 1 aromatic carbocycles. The quantitative estimate of drug-likeness (QED) is 0.782. The highest BCUT2D eigenvalue weighted by atomic mass is 35.5. The molecule has 4 heteroatoms. The number of rotatable bonds is 6. The third kappa shape index (κ3) is 4.10. The lowest BCUT2D eigenvalue weighted by Gasteiger charge is -2.14. The minimum atomic E-state index is -0.402. The summed E-state index contributed by atoms with van der Waals surface area (Å²) in [6, 6.07) is 4.05. The van der Waals surface area contributed by atoms with Crippen LogP contribution in [0.4, 0.5) is 4.39 Å². The molecule has 2 nitrogen and oxygen atoms in total. The Balaban J connectivity index is 2.73. The highest BCUT2D eigenvalue weighted by molar-refractivity contribution is 6.31. The maximum atomic E-state index is 12.8. The van der Waals surface area contributed by atoms with Gasteiger partial charge in [-0.25, -0.2) is 4.39 Å². The van der Waals surface area contributed by atoms with E-state index in [1.165, 1.54) is 18.2 Å². The molecule has 0 aliphatic rings. The van der Waals surface area contributed by atoms with Crippen LogP contribution in [0.25, 0.3) is 0 Å². The van der Waals surface area contributed by atoms with Gasteiger partial charge in [0, 0.05) is 18.1 Å². The fourth-order valence-electron chi connectivity index (χ4n) is 1.61. The number of carbonyl (C=O) groups excluding carboxylic acids is 1. The highest BCUT2D eigenvalue weighted by Crippen LogP contribution is 2.19. The second kappa shape index (κ2) is 6.72. The molecule has 0 N–H and O–H groups in total. The molecule has 0 amide bonds. The van der Waals surface area contributed by atoms with Crippen molar-refractivity contribution < 1.29 is 13.9 Å². The number of ether oxygens (including phenoxy) is 1. The van der Waals surface area contributed by atoms with Crippen molar-refractivity contribution in [2.75, 3.05) is 6.61 Å². The van der Waals surface area contributed by atoms with Crippen molar-refractivity contribution in [1.29, 1.82) is 0 Å². The summed E-state index contributed by atoms with van der Waals surface area (Å²) >= 11 is 5.87. The van der Waals surface area contributed by atoms with Crippen LogP contribution in [0.15, 0.2) is 18.2 Å². The summed E-state index contributed by atoms with van der Waals surface area (Å²) in [6.07, 6.45) is 0.407. The normalized spacial score (nSPS) is 12.5. The van der Waals surface area contributed by atoms with E-state index in [1.54, 1.807) is 0 Å². The molecule has 1 unspecified atom stereocenters. The van der Waals surface area contributed by atoms with Crippen LogP contribution in [-0.2, 0) is 16.0 Å². The Labute approximate surface area is 106 Å². The van der Waals surface area contributed by atoms with Crippen molar-refractivity contribution in [3.05, 3.63) is 34.6 Å². The lowest BCUT2D eigenvalue weighted by atomic mass is 10.0. The van der Waals surface area contributed by atoms with Crippen molar-refractivity contribution in [2.45, 2.75) is 32.8 Å². The second-order valence-electron chi connectivity index (χ2n) is 3.73. The third-order valence-corrected chi connectivity index (χ3v) is 2.83. The van der Waals surface area contributed by atoms with Crippen LogP contribution in [0.3, 0.4) is 0 Å². The summed E-state index contributed by atoms with van der Waals surface area (Å²) in [5.74, 6) is -0.425. The zero-order chi connectivity index (χ0) is 12.8. The molecule has 0 saturated heterocycles. The number of hydrogen-bond acceptors (Lipinski definition) is 2. The third-order valence-electron chi connectivity index (χ3n) is 2.48. The van der Waals surface area contributed by atoms with Crippen molar-refractivity contribution >= 4 is 17.4 Å². The van der Waals surface area contributed by atoms with Gasteiger partial charge in [0.1, 0.15) is 11.9 Å². The Morgan fingerprint density at radius 1 is 1.47 bits per heavy atom. The number of hydrogen-bond donors (Lipinski definition) is 0. The number of carbonyl (C=O) groups is 1. The summed E-state index contributed by atoms with van der Waals surface area (Å²) in [5, 5.41) is 0.282. The maximum Gasteiger partial charge on any atom is 0.165 e. The average molecular weight is 259 g/mol. The van der Waals surface area contributed by atoms with Gasteiger partial charge in [-0.15, -0.1) is 0 Å². The van der Waals surface area contributed by atoms with Crippen molar-refractivity contribution in [1.82, 2.24) is 0 Å². The molecule has 17 heavy (non-hydrogen) atoms. The molecule has 0 bridgehead atoms. The van der Waals surface area contributed by atoms with Crippen molar-refractivity contribution in [2.24, 2.45) is 0 Å². The van der Waals surface area contributed by atoms with Crippen molar-refractivity contribution in [3.8, 4) is 0 Å². The monoisotopic (exact) mass is 258 g/mol. The Morgan fingerprint density at radius 2 is 2.18 bits per heavy atom. The molecule has 1 aromatic rings. The molecular weight excluding hydrogens is 243 g/mol.